The second-order valence-electron chi connectivity index (χ2n) is 4.09. The highest BCUT2D eigenvalue weighted by atomic mass is 16.1. The molecule has 2 rings (SSSR count). The first-order chi connectivity index (χ1) is 8.69. The number of anilines is 1. The van der Waals surface area contributed by atoms with Crippen molar-refractivity contribution in [1.82, 2.24) is 14.5 Å². The van der Waals surface area contributed by atoms with Gasteiger partial charge in [0.25, 0.3) is 5.56 Å². The standard InChI is InChI=1S/C13H16N4O/c1-3-14-12-8-15-11(7-16-12)9-17-5-4-10(2)6-13(17)18/h4-8H,3,9H2,1-2H3,(H,14,16). The molecule has 0 fully saturated rings. The van der Waals surface area contributed by atoms with Gasteiger partial charge in [0.15, 0.2) is 0 Å². The Bertz CT molecular complexity index is 574. The number of nitrogens with one attached hydrogen (secondary N) is 1. The Kier molecular flexibility index (Phi) is 3.72. The van der Waals surface area contributed by atoms with Crippen LogP contribution in [0.1, 0.15) is 18.2 Å². The van der Waals surface area contributed by atoms with Gasteiger partial charge >= 0.3 is 0 Å². The van der Waals surface area contributed by atoms with Crippen LogP contribution in [0.4, 0.5) is 5.82 Å². The van der Waals surface area contributed by atoms with Crippen molar-refractivity contribution in [2.24, 2.45) is 0 Å². The van der Waals surface area contributed by atoms with E-state index < -0.39 is 0 Å². The highest BCUT2D eigenvalue weighted by molar-refractivity contribution is 5.30. The zero-order valence-corrected chi connectivity index (χ0v) is 10.6. The SMILES string of the molecule is CCNc1cnc(Cn2ccc(C)cc2=O)cn1. The molecule has 0 aliphatic rings. The lowest BCUT2D eigenvalue weighted by Gasteiger charge is -2.06. The number of hydrogen-bond acceptors (Lipinski definition) is 4. The van der Waals surface area contributed by atoms with Crippen LogP contribution >= 0.6 is 0 Å². The van der Waals surface area contributed by atoms with E-state index in [1.54, 1.807) is 29.2 Å². The van der Waals surface area contributed by atoms with Crippen molar-refractivity contribution >= 4 is 5.82 Å². The Hall–Kier alpha value is -2.17. The zero-order chi connectivity index (χ0) is 13.0. The third kappa shape index (κ3) is 2.94. The monoisotopic (exact) mass is 244 g/mol. The lowest BCUT2D eigenvalue weighted by Crippen LogP contribution is -2.19. The van der Waals surface area contributed by atoms with E-state index >= 15 is 0 Å². The lowest BCUT2D eigenvalue weighted by molar-refractivity contribution is 0.733. The average molecular weight is 244 g/mol. The van der Waals surface area contributed by atoms with Gasteiger partial charge in [0.05, 0.1) is 24.6 Å². The third-order valence-corrected chi connectivity index (χ3v) is 2.55. The van der Waals surface area contributed by atoms with Crippen molar-refractivity contribution in [3.63, 3.8) is 0 Å². The summed E-state index contributed by atoms with van der Waals surface area (Å²) in [5.41, 5.74) is 1.71. The van der Waals surface area contributed by atoms with Gasteiger partial charge in [0, 0.05) is 18.8 Å². The van der Waals surface area contributed by atoms with E-state index in [2.05, 4.69) is 15.3 Å². The van der Waals surface area contributed by atoms with Crippen molar-refractivity contribution in [2.75, 3.05) is 11.9 Å². The van der Waals surface area contributed by atoms with Crippen LogP contribution in [0.2, 0.25) is 0 Å². The fourth-order valence-electron chi connectivity index (χ4n) is 1.62. The van der Waals surface area contributed by atoms with Gasteiger partial charge in [-0.25, -0.2) is 4.98 Å². The molecule has 94 valence electrons. The lowest BCUT2D eigenvalue weighted by atomic mass is 10.3. The van der Waals surface area contributed by atoms with Crippen LogP contribution in [-0.2, 0) is 6.54 Å². The third-order valence-electron chi connectivity index (χ3n) is 2.55. The summed E-state index contributed by atoms with van der Waals surface area (Å²) < 4.78 is 1.62. The fourth-order valence-corrected chi connectivity index (χ4v) is 1.62. The van der Waals surface area contributed by atoms with E-state index in [1.807, 2.05) is 19.9 Å². The summed E-state index contributed by atoms with van der Waals surface area (Å²) in [6, 6.07) is 3.52. The van der Waals surface area contributed by atoms with Gasteiger partial charge in [-0.15, -0.1) is 0 Å². The smallest absolute Gasteiger partial charge is 0.251 e. The molecule has 0 atom stereocenters. The summed E-state index contributed by atoms with van der Waals surface area (Å²) >= 11 is 0. The molecule has 1 N–H and O–H groups in total. The van der Waals surface area contributed by atoms with Gasteiger partial charge in [-0.3, -0.25) is 9.78 Å². The van der Waals surface area contributed by atoms with Crippen molar-refractivity contribution in [1.29, 1.82) is 0 Å². The average Bonchev–Trinajstić information content (AvgIpc) is 2.35. The molecule has 2 heterocycles. The number of hydrogen-bond donors (Lipinski definition) is 1. The molecule has 5 heteroatoms. The van der Waals surface area contributed by atoms with Crippen molar-refractivity contribution in [3.05, 3.63) is 52.3 Å². The van der Waals surface area contributed by atoms with Gasteiger partial charge in [0.1, 0.15) is 5.82 Å². The Labute approximate surface area is 106 Å². The largest absolute Gasteiger partial charge is 0.369 e. The summed E-state index contributed by atoms with van der Waals surface area (Å²) in [4.78, 5) is 20.2. The Morgan fingerprint density at radius 1 is 1.33 bits per heavy atom. The fraction of sp³-hybridized carbons (Fsp3) is 0.308. The van der Waals surface area contributed by atoms with Crippen LogP contribution in [0.15, 0.2) is 35.5 Å². The highest BCUT2D eigenvalue weighted by Gasteiger charge is 2.00. The first kappa shape index (κ1) is 12.3. The van der Waals surface area contributed by atoms with Crippen LogP contribution in [0.3, 0.4) is 0 Å². The summed E-state index contributed by atoms with van der Waals surface area (Å²) in [5.74, 6) is 0.748. The van der Waals surface area contributed by atoms with E-state index in [-0.39, 0.29) is 5.56 Å². The molecule has 18 heavy (non-hydrogen) atoms. The molecule has 0 saturated carbocycles. The summed E-state index contributed by atoms with van der Waals surface area (Å²) in [6.45, 7) is 5.15. The Morgan fingerprint density at radius 3 is 2.78 bits per heavy atom. The summed E-state index contributed by atoms with van der Waals surface area (Å²) in [5, 5.41) is 3.08. The normalized spacial score (nSPS) is 10.3. The summed E-state index contributed by atoms with van der Waals surface area (Å²) in [7, 11) is 0. The van der Waals surface area contributed by atoms with Gasteiger partial charge in [-0.05, 0) is 25.5 Å². The molecule has 0 aliphatic carbocycles. The van der Waals surface area contributed by atoms with E-state index in [0.717, 1.165) is 23.6 Å². The van der Waals surface area contributed by atoms with Crippen molar-refractivity contribution in [2.45, 2.75) is 20.4 Å². The Morgan fingerprint density at radius 2 is 2.17 bits per heavy atom. The van der Waals surface area contributed by atoms with Crippen molar-refractivity contribution < 1.29 is 0 Å². The molecule has 0 saturated heterocycles. The highest BCUT2D eigenvalue weighted by Crippen LogP contribution is 2.02. The van der Waals surface area contributed by atoms with E-state index in [0.29, 0.717) is 6.54 Å². The minimum absolute atomic E-state index is 0.0208. The maximum Gasteiger partial charge on any atom is 0.251 e. The van der Waals surface area contributed by atoms with Gasteiger partial charge in [0.2, 0.25) is 0 Å². The molecule has 0 radical (unpaired) electrons. The van der Waals surface area contributed by atoms with E-state index in [9.17, 15) is 4.79 Å². The van der Waals surface area contributed by atoms with Crippen LogP contribution < -0.4 is 10.9 Å². The molecule has 5 nitrogen and oxygen atoms in total. The second-order valence-corrected chi connectivity index (χ2v) is 4.09. The molecule has 0 aromatic carbocycles. The predicted octanol–water partition coefficient (Wildman–Crippen LogP) is 1.43. The summed E-state index contributed by atoms with van der Waals surface area (Å²) in [6.07, 6.45) is 5.14. The van der Waals surface area contributed by atoms with Crippen LogP contribution in [0.25, 0.3) is 0 Å². The molecule has 2 aromatic heterocycles. The predicted molar refractivity (Wildman–Crippen MR) is 70.7 cm³/mol. The van der Waals surface area contributed by atoms with Crippen LogP contribution in [0, 0.1) is 6.92 Å². The number of nitrogens with zero attached hydrogens (tertiary/aromatic N) is 3. The Balaban J connectivity index is 2.16. The zero-order valence-electron chi connectivity index (χ0n) is 10.6. The second kappa shape index (κ2) is 5.44. The number of pyridine rings is 1. The van der Waals surface area contributed by atoms with Crippen LogP contribution in [0.5, 0.6) is 0 Å². The van der Waals surface area contributed by atoms with E-state index in [4.69, 9.17) is 0 Å². The van der Waals surface area contributed by atoms with E-state index in [1.165, 1.54) is 0 Å². The maximum absolute atomic E-state index is 11.7. The van der Waals surface area contributed by atoms with Gasteiger partial charge < -0.3 is 9.88 Å². The molecule has 0 spiro atoms. The topological polar surface area (TPSA) is 59.8 Å². The number of aromatic nitrogens is 3. The maximum atomic E-state index is 11.7. The minimum atomic E-state index is -0.0208. The quantitative estimate of drug-likeness (QED) is 0.883. The molecule has 0 amide bonds. The number of rotatable bonds is 4. The molecular formula is C13H16N4O. The van der Waals surface area contributed by atoms with Crippen molar-refractivity contribution in [3.8, 4) is 0 Å². The minimum Gasteiger partial charge on any atom is -0.369 e. The molecule has 2 aromatic rings. The number of aryl methyl sites for hydroxylation is 1. The molecular weight excluding hydrogens is 228 g/mol. The van der Waals surface area contributed by atoms with Gasteiger partial charge in [-0.1, -0.05) is 0 Å². The molecule has 0 aliphatic heterocycles. The molecule has 0 bridgehead atoms. The van der Waals surface area contributed by atoms with Crippen LogP contribution in [-0.4, -0.2) is 21.1 Å². The van der Waals surface area contributed by atoms with Gasteiger partial charge in [-0.2, -0.15) is 0 Å². The first-order valence-corrected chi connectivity index (χ1v) is 5.91. The first-order valence-electron chi connectivity index (χ1n) is 5.91. The molecule has 0 unspecified atom stereocenters.